The Morgan fingerprint density at radius 3 is 2.63 bits per heavy atom. The van der Waals surface area contributed by atoms with Crippen molar-refractivity contribution in [3.05, 3.63) is 35.4 Å². The highest BCUT2D eigenvalue weighted by Crippen LogP contribution is 2.39. The number of unbranched alkanes of at least 4 members (excludes halogenated alkanes) is 1. The average Bonchev–Trinajstić information content (AvgIpc) is 2.37. The summed E-state index contributed by atoms with van der Waals surface area (Å²) in [5.41, 5.74) is 11.1. The third-order valence-corrected chi connectivity index (χ3v) is 4.01. The Morgan fingerprint density at radius 1 is 1.26 bits per heavy atom. The lowest BCUT2D eigenvalue weighted by Gasteiger charge is -2.43. The number of rotatable bonds is 4. The van der Waals surface area contributed by atoms with Crippen molar-refractivity contribution in [1.82, 2.24) is 0 Å². The lowest BCUT2D eigenvalue weighted by atomic mass is 9.87. The first-order valence-corrected chi connectivity index (χ1v) is 7.30. The van der Waals surface area contributed by atoms with Crippen LogP contribution in [0.4, 0.5) is 5.69 Å². The van der Waals surface area contributed by atoms with Crippen LogP contribution in [0.25, 0.3) is 5.57 Å². The molecule has 0 saturated carbocycles. The minimum atomic E-state index is 0.0937. The Balaban J connectivity index is 2.46. The van der Waals surface area contributed by atoms with Gasteiger partial charge in [0.2, 0.25) is 0 Å². The number of hydrogen-bond acceptors (Lipinski definition) is 2. The normalized spacial score (nSPS) is 17.1. The topological polar surface area (TPSA) is 29.3 Å². The van der Waals surface area contributed by atoms with Gasteiger partial charge in [-0.15, -0.1) is 0 Å². The molecule has 2 N–H and O–H groups in total. The zero-order valence-corrected chi connectivity index (χ0v) is 12.7. The van der Waals surface area contributed by atoms with Gasteiger partial charge >= 0.3 is 0 Å². The molecule has 0 fully saturated rings. The lowest BCUT2D eigenvalue weighted by Crippen LogP contribution is -2.45. The van der Waals surface area contributed by atoms with Gasteiger partial charge in [0.05, 0.1) is 5.54 Å². The van der Waals surface area contributed by atoms with Crippen LogP contribution in [0.1, 0.15) is 51.7 Å². The number of nitrogens with two attached hydrogens (primary N) is 1. The van der Waals surface area contributed by atoms with E-state index in [1.54, 1.807) is 0 Å². The van der Waals surface area contributed by atoms with Crippen molar-refractivity contribution in [2.24, 2.45) is 5.73 Å². The first-order chi connectivity index (χ1) is 8.99. The summed E-state index contributed by atoms with van der Waals surface area (Å²) in [4.78, 5) is 2.53. The summed E-state index contributed by atoms with van der Waals surface area (Å²) in [6, 6.07) is 6.65. The van der Waals surface area contributed by atoms with Crippen molar-refractivity contribution in [3.63, 3.8) is 0 Å². The van der Waals surface area contributed by atoms with Crippen molar-refractivity contribution in [2.75, 3.05) is 11.4 Å². The first-order valence-electron chi connectivity index (χ1n) is 7.30. The molecule has 0 aromatic heterocycles. The maximum atomic E-state index is 5.76. The predicted molar refractivity (Wildman–Crippen MR) is 84.3 cm³/mol. The molecule has 0 aliphatic carbocycles. The van der Waals surface area contributed by atoms with Crippen LogP contribution in [0.5, 0.6) is 0 Å². The summed E-state index contributed by atoms with van der Waals surface area (Å²) in [6.45, 7) is 10.8. The SMILES string of the molecule is CCCCN1c2ccc(CN)cc2C(C)=CC1(C)C. The molecule has 19 heavy (non-hydrogen) atoms. The molecule has 0 spiro atoms. The molecule has 1 aromatic rings. The van der Waals surface area contributed by atoms with Gasteiger partial charge in [-0.05, 0) is 50.5 Å². The molecule has 0 amide bonds. The molecule has 2 nitrogen and oxygen atoms in total. The van der Waals surface area contributed by atoms with E-state index in [0.717, 1.165) is 6.54 Å². The Bertz CT molecular complexity index is 486. The van der Waals surface area contributed by atoms with Crippen LogP contribution >= 0.6 is 0 Å². The fourth-order valence-corrected chi connectivity index (χ4v) is 2.98. The van der Waals surface area contributed by atoms with Gasteiger partial charge in [-0.2, -0.15) is 0 Å². The van der Waals surface area contributed by atoms with Crippen molar-refractivity contribution in [2.45, 2.75) is 52.6 Å². The molecule has 0 bridgehead atoms. The van der Waals surface area contributed by atoms with Crippen LogP contribution < -0.4 is 10.6 Å². The van der Waals surface area contributed by atoms with E-state index < -0.39 is 0 Å². The summed E-state index contributed by atoms with van der Waals surface area (Å²) in [6.07, 6.45) is 4.84. The Kier molecular flexibility index (Phi) is 4.00. The number of fused-ring (bicyclic) bond motifs is 1. The van der Waals surface area contributed by atoms with E-state index in [1.165, 1.54) is 35.2 Å². The van der Waals surface area contributed by atoms with Gasteiger partial charge < -0.3 is 10.6 Å². The largest absolute Gasteiger partial charge is 0.362 e. The highest BCUT2D eigenvalue weighted by molar-refractivity contribution is 5.81. The van der Waals surface area contributed by atoms with Crippen LogP contribution in [-0.4, -0.2) is 12.1 Å². The molecule has 0 saturated heterocycles. The van der Waals surface area contributed by atoms with E-state index in [9.17, 15) is 0 Å². The Hall–Kier alpha value is -1.28. The molecule has 1 heterocycles. The van der Waals surface area contributed by atoms with Gasteiger partial charge in [-0.1, -0.05) is 25.5 Å². The molecular weight excluding hydrogens is 232 g/mol. The standard InChI is InChI=1S/C17H26N2/c1-5-6-9-19-16-8-7-14(12-18)10-15(16)13(2)11-17(19,3)4/h7-8,10-11H,5-6,9,12,18H2,1-4H3. The molecular formula is C17H26N2. The van der Waals surface area contributed by atoms with Crippen molar-refractivity contribution < 1.29 is 0 Å². The minimum absolute atomic E-state index is 0.0937. The second kappa shape index (κ2) is 5.38. The molecule has 2 rings (SSSR count). The minimum Gasteiger partial charge on any atom is -0.362 e. The highest BCUT2D eigenvalue weighted by atomic mass is 15.2. The number of hydrogen-bond donors (Lipinski definition) is 1. The lowest BCUT2D eigenvalue weighted by molar-refractivity contribution is 0.540. The number of nitrogens with zero attached hydrogens (tertiary/aromatic N) is 1. The number of benzene rings is 1. The second-order valence-electron chi connectivity index (χ2n) is 6.04. The fourth-order valence-electron chi connectivity index (χ4n) is 2.98. The quantitative estimate of drug-likeness (QED) is 0.886. The molecule has 0 radical (unpaired) electrons. The second-order valence-corrected chi connectivity index (χ2v) is 6.04. The van der Waals surface area contributed by atoms with Crippen LogP contribution in [0.2, 0.25) is 0 Å². The Morgan fingerprint density at radius 2 is 2.00 bits per heavy atom. The first kappa shape index (κ1) is 14.1. The number of anilines is 1. The van der Waals surface area contributed by atoms with Gasteiger partial charge in [-0.25, -0.2) is 0 Å². The van der Waals surface area contributed by atoms with Crippen molar-refractivity contribution in [1.29, 1.82) is 0 Å². The van der Waals surface area contributed by atoms with E-state index in [1.807, 2.05) is 0 Å². The summed E-state index contributed by atoms with van der Waals surface area (Å²) < 4.78 is 0. The smallest absolute Gasteiger partial charge is 0.0534 e. The molecule has 0 unspecified atom stereocenters. The van der Waals surface area contributed by atoms with Gasteiger partial charge in [-0.3, -0.25) is 0 Å². The highest BCUT2D eigenvalue weighted by Gasteiger charge is 2.30. The molecule has 1 aromatic carbocycles. The van der Waals surface area contributed by atoms with E-state index in [0.29, 0.717) is 6.54 Å². The summed E-state index contributed by atoms with van der Waals surface area (Å²) in [7, 11) is 0. The number of allylic oxidation sites excluding steroid dienone is 1. The van der Waals surface area contributed by atoms with Gasteiger partial charge in [0.1, 0.15) is 0 Å². The van der Waals surface area contributed by atoms with Crippen LogP contribution in [-0.2, 0) is 6.54 Å². The third-order valence-electron chi connectivity index (χ3n) is 4.01. The predicted octanol–water partition coefficient (Wildman–Crippen LogP) is 3.95. The molecule has 1 aliphatic rings. The van der Waals surface area contributed by atoms with E-state index in [4.69, 9.17) is 5.73 Å². The maximum Gasteiger partial charge on any atom is 0.0534 e. The Labute approximate surface area is 117 Å². The monoisotopic (exact) mass is 258 g/mol. The van der Waals surface area contributed by atoms with Crippen molar-refractivity contribution in [3.8, 4) is 0 Å². The zero-order chi connectivity index (χ0) is 14.0. The average molecular weight is 258 g/mol. The van der Waals surface area contributed by atoms with Crippen LogP contribution in [0, 0.1) is 0 Å². The van der Waals surface area contributed by atoms with Gasteiger partial charge in [0.25, 0.3) is 0 Å². The van der Waals surface area contributed by atoms with E-state index in [-0.39, 0.29) is 5.54 Å². The van der Waals surface area contributed by atoms with E-state index >= 15 is 0 Å². The summed E-state index contributed by atoms with van der Waals surface area (Å²) >= 11 is 0. The summed E-state index contributed by atoms with van der Waals surface area (Å²) in [5.74, 6) is 0. The fraction of sp³-hybridized carbons (Fsp3) is 0.529. The summed E-state index contributed by atoms with van der Waals surface area (Å²) in [5, 5.41) is 0. The van der Waals surface area contributed by atoms with Crippen LogP contribution in [0.3, 0.4) is 0 Å². The molecule has 2 heteroatoms. The maximum absolute atomic E-state index is 5.76. The molecule has 1 aliphatic heterocycles. The van der Waals surface area contributed by atoms with Crippen molar-refractivity contribution >= 4 is 11.3 Å². The molecule has 104 valence electrons. The zero-order valence-electron chi connectivity index (χ0n) is 12.7. The third kappa shape index (κ3) is 2.69. The van der Waals surface area contributed by atoms with Gasteiger partial charge in [0.15, 0.2) is 0 Å². The van der Waals surface area contributed by atoms with Gasteiger partial charge in [0, 0.05) is 24.3 Å². The van der Waals surface area contributed by atoms with Crippen LogP contribution in [0.15, 0.2) is 24.3 Å². The van der Waals surface area contributed by atoms with E-state index in [2.05, 4.69) is 56.9 Å². The molecule has 0 atom stereocenters.